The van der Waals surface area contributed by atoms with Crippen molar-refractivity contribution < 1.29 is 9.59 Å². The molecular formula is C14H18ClN3O2. The van der Waals surface area contributed by atoms with Crippen molar-refractivity contribution >= 4 is 35.6 Å². The van der Waals surface area contributed by atoms with Crippen molar-refractivity contribution in [2.45, 2.75) is 31.7 Å². The third-order valence-corrected chi connectivity index (χ3v) is 3.65. The summed E-state index contributed by atoms with van der Waals surface area (Å²) < 4.78 is 0. The van der Waals surface area contributed by atoms with Crippen LogP contribution in [0.15, 0.2) is 18.2 Å². The Morgan fingerprint density at radius 2 is 2.15 bits per heavy atom. The molecule has 3 rings (SSSR count). The van der Waals surface area contributed by atoms with E-state index in [2.05, 4.69) is 16.0 Å². The van der Waals surface area contributed by atoms with Gasteiger partial charge in [-0.15, -0.1) is 12.4 Å². The number of benzene rings is 1. The summed E-state index contributed by atoms with van der Waals surface area (Å²) in [5, 5.41) is 8.90. The summed E-state index contributed by atoms with van der Waals surface area (Å²) in [6, 6.07) is 5.60. The Kier molecular flexibility index (Phi) is 4.62. The molecular weight excluding hydrogens is 278 g/mol. The number of rotatable bonds is 2. The number of carbonyl (C=O) groups is 2. The van der Waals surface area contributed by atoms with Crippen LogP contribution in [0.3, 0.4) is 0 Å². The molecule has 2 amide bonds. The molecule has 1 aromatic carbocycles. The molecule has 1 fully saturated rings. The van der Waals surface area contributed by atoms with Gasteiger partial charge < -0.3 is 16.0 Å². The van der Waals surface area contributed by atoms with Crippen LogP contribution in [-0.2, 0) is 16.0 Å². The van der Waals surface area contributed by atoms with E-state index in [1.54, 1.807) is 0 Å². The minimum absolute atomic E-state index is 0. The van der Waals surface area contributed by atoms with Crippen LogP contribution in [0.25, 0.3) is 0 Å². The fourth-order valence-corrected chi connectivity index (χ4v) is 2.59. The van der Waals surface area contributed by atoms with E-state index in [1.165, 1.54) is 0 Å². The average molecular weight is 296 g/mol. The number of carbonyl (C=O) groups excluding carboxylic acids is 2. The number of hydrogen-bond donors (Lipinski definition) is 3. The molecule has 0 radical (unpaired) electrons. The van der Waals surface area contributed by atoms with E-state index in [1.807, 2.05) is 18.2 Å². The van der Waals surface area contributed by atoms with Gasteiger partial charge in [-0.25, -0.2) is 0 Å². The fraction of sp³-hybridized carbons (Fsp3) is 0.429. The van der Waals surface area contributed by atoms with Gasteiger partial charge in [0, 0.05) is 17.8 Å². The number of anilines is 2. The predicted octanol–water partition coefficient (Wildman–Crippen LogP) is 1.68. The van der Waals surface area contributed by atoms with E-state index in [4.69, 9.17) is 0 Å². The smallest absolute Gasteiger partial charge is 0.241 e. The molecule has 108 valence electrons. The van der Waals surface area contributed by atoms with Gasteiger partial charge in [-0.05, 0) is 43.5 Å². The highest BCUT2D eigenvalue weighted by molar-refractivity contribution is 5.98. The molecule has 1 unspecified atom stereocenters. The number of amides is 2. The van der Waals surface area contributed by atoms with Crippen LogP contribution >= 0.6 is 12.4 Å². The second-order valence-corrected chi connectivity index (χ2v) is 5.06. The molecule has 2 heterocycles. The lowest BCUT2D eigenvalue weighted by Crippen LogP contribution is -2.35. The Morgan fingerprint density at radius 3 is 2.90 bits per heavy atom. The van der Waals surface area contributed by atoms with Gasteiger partial charge in [0.05, 0.1) is 6.04 Å². The minimum atomic E-state index is -0.0920. The summed E-state index contributed by atoms with van der Waals surface area (Å²) in [7, 11) is 0. The van der Waals surface area contributed by atoms with E-state index < -0.39 is 0 Å². The molecule has 1 saturated heterocycles. The average Bonchev–Trinajstić information content (AvgIpc) is 2.92. The summed E-state index contributed by atoms with van der Waals surface area (Å²) in [5.41, 5.74) is 2.67. The highest BCUT2D eigenvalue weighted by Crippen LogP contribution is 2.26. The Morgan fingerprint density at radius 1 is 1.30 bits per heavy atom. The van der Waals surface area contributed by atoms with Crippen LogP contribution in [-0.4, -0.2) is 24.4 Å². The molecule has 20 heavy (non-hydrogen) atoms. The Balaban J connectivity index is 0.00000147. The molecule has 0 aliphatic carbocycles. The van der Waals surface area contributed by atoms with Gasteiger partial charge in [-0.2, -0.15) is 0 Å². The maximum Gasteiger partial charge on any atom is 0.241 e. The van der Waals surface area contributed by atoms with E-state index in [-0.39, 0.29) is 30.3 Å². The third kappa shape index (κ3) is 3.11. The third-order valence-electron chi connectivity index (χ3n) is 3.65. The SMILES string of the molecule is Cl.O=C1CCc2ccc(NC(=O)C3CCCN3)cc2N1. The number of hydrogen-bond acceptors (Lipinski definition) is 3. The summed E-state index contributed by atoms with van der Waals surface area (Å²) in [6.45, 7) is 0.901. The standard InChI is InChI=1S/C14H17N3O2.ClH/c18-13-6-4-9-3-5-10(8-12(9)17-13)16-14(19)11-2-1-7-15-11;/h3,5,8,11,15H,1-2,4,6-7H2,(H,16,19)(H,17,18);1H. The van der Waals surface area contributed by atoms with E-state index >= 15 is 0 Å². The number of halogens is 1. The lowest BCUT2D eigenvalue weighted by atomic mass is 10.0. The topological polar surface area (TPSA) is 70.2 Å². The predicted molar refractivity (Wildman–Crippen MR) is 80.3 cm³/mol. The zero-order valence-electron chi connectivity index (χ0n) is 11.1. The van der Waals surface area contributed by atoms with Gasteiger partial charge in [0.25, 0.3) is 0 Å². The Bertz CT molecular complexity index is 527. The summed E-state index contributed by atoms with van der Waals surface area (Å²) in [6.07, 6.45) is 3.22. The molecule has 1 aromatic rings. The molecule has 0 spiro atoms. The summed E-state index contributed by atoms with van der Waals surface area (Å²) in [5.74, 6) is 0.0352. The first-order chi connectivity index (χ1) is 9.22. The van der Waals surface area contributed by atoms with Crippen LogP contribution in [0, 0.1) is 0 Å². The minimum Gasteiger partial charge on any atom is -0.326 e. The van der Waals surface area contributed by atoms with E-state index in [0.29, 0.717) is 6.42 Å². The van der Waals surface area contributed by atoms with Crippen molar-refractivity contribution in [1.82, 2.24) is 5.32 Å². The molecule has 6 heteroatoms. The monoisotopic (exact) mass is 295 g/mol. The summed E-state index contributed by atoms with van der Waals surface area (Å²) >= 11 is 0. The van der Waals surface area contributed by atoms with Crippen LogP contribution < -0.4 is 16.0 Å². The maximum atomic E-state index is 12.0. The van der Waals surface area contributed by atoms with E-state index in [9.17, 15) is 9.59 Å². The zero-order chi connectivity index (χ0) is 13.2. The van der Waals surface area contributed by atoms with Crippen molar-refractivity contribution in [3.8, 4) is 0 Å². The van der Waals surface area contributed by atoms with E-state index in [0.717, 1.165) is 42.7 Å². The Labute approximate surface area is 123 Å². The molecule has 2 aliphatic heterocycles. The normalized spacial score (nSPS) is 20.6. The maximum absolute atomic E-state index is 12.0. The van der Waals surface area contributed by atoms with Crippen LogP contribution in [0.1, 0.15) is 24.8 Å². The molecule has 3 N–H and O–H groups in total. The number of aryl methyl sites for hydroxylation is 1. The van der Waals surface area contributed by atoms with Crippen LogP contribution in [0.4, 0.5) is 11.4 Å². The number of fused-ring (bicyclic) bond motifs is 1. The first-order valence-electron chi connectivity index (χ1n) is 6.69. The van der Waals surface area contributed by atoms with Gasteiger partial charge in [-0.3, -0.25) is 9.59 Å². The van der Waals surface area contributed by atoms with Crippen molar-refractivity contribution in [2.75, 3.05) is 17.2 Å². The van der Waals surface area contributed by atoms with Gasteiger partial charge >= 0.3 is 0 Å². The molecule has 1 atom stereocenters. The highest BCUT2D eigenvalue weighted by atomic mass is 35.5. The number of nitrogens with one attached hydrogen (secondary N) is 3. The second-order valence-electron chi connectivity index (χ2n) is 5.06. The summed E-state index contributed by atoms with van der Waals surface area (Å²) in [4.78, 5) is 23.3. The van der Waals surface area contributed by atoms with Gasteiger partial charge in [0.15, 0.2) is 0 Å². The van der Waals surface area contributed by atoms with Crippen molar-refractivity contribution in [3.63, 3.8) is 0 Å². The van der Waals surface area contributed by atoms with Crippen LogP contribution in [0.2, 0.25) is 0 Å². The zero-order valence-corrected chi connectivity index (χ0v) is 11.9. The quantitative estimate of drug-likeness (QED) is 0.777. The Hall–Kier alpha value is -1.59. The van der Waals surface area contributed by atoms with Crippen LogP contribution in [0.5, 0.6) is 0 Å². The lowest BCUT2D eigenvalue weighted by molar-refractivity contribution is -0.118. The van der Waals surface area contributed by atoms with Crippen molar-refractivity contribution in [1.29, 1.82) is 0 Å². The van der Waals surface area contributed by atoms with Gasteiger partial charge in [0.2, 0.25) is 11.8 Å². The van der Waals surface area contributed by atoms with Gasteiger partial charge in [0.1, 0.15) is 0 Å². The fourth-order valence-electron chi connectivity index (χ4n) is 2.59. The highest BCUT2D eigenvalue weighted by Gasteiger charge is 2.22. The molecule has 2 aliphatic rings. The largest absolute Gasteiger partial charge is 0.326 e. The first kappa shape index (κ1) is 14.8. The molecule has 0 bridgehead atoms. The molecule has 0 saturated carbocycles. The second kappa shape index (κ2) is 6.24. The first-order valence-corrected chi connectivity index (χ1v) is 6.69. The van der Waals surface area contributed by atoms with Gasteiger partial charge in [-0.1, -0.05) is 6.07 Å². The van der Waals surface area contributed by atoms with Crippen molar-refractivity contribution in [3.05, 3.63) is 23.8 Å². The van der Waals surface area contributed by atoms with Crippen molar-refractivity contribution in [2.24, 2.45) is 0 Å². The molecule has 5 nitrogen and oxygen atoms in total. The lowest BCUT2D eigenvalue weighted by Gasteiger charge is -2.18. The molecule has 0 aromatic heterocycles.